The Balaban J connectivity index is 1.79. The minimum Gasteiger partial charge on any atom is -0.481 e. The number of fused-ring (bicyclic) bond motifs is 1. The van der Waals surface area contributed by atoms with Crippen LogP contribution in [-0.4, -0.2) is 31.7 Å². The number of nitrogens with zero attached hydrogens (tertiary/aromatic N) is 2. The first-order valence-corrected chi connectivity index (χ1v) is 12.5. The van der Waals surface area contributed by atoms with Gasteiger partial charge in [0, 0.05) is 37.9 Å². The molecule has 2 aromatic heterocycles. The summed E-state index contributed by atoms with van der Waals surface area (Å²) in [6, 6.07) is 23.6. The molecule has 0 radical (unpaired) electrons. The highest BCUT2D eigenvalue weighted by Crippen LogP contribution is 2.37. The van der Waals surface area contributed by atoms with Crippen LogP contribution in [0.5, 0.6) is 0 Å². The molecule has 0 amide bonds. The maximum atomic E-state index is 13.5. The fraction of sp³-hybridized carbons (Fsp3) is 0.0714. The van der Waals surface area contributed by atoms with E-state index in [9.17, 15) is 14.4 Å². The predicted octanol–water partition coefficient (Wildman–Crippen LogP) is 6.65. The summed E-state index contributed by atoms with van der Waals surface area (Å²) in [5.74, 6) is -1.58. The molecule has 184 valence electrons. The zero-order chi connectivity index (χ0) is 26.1. The van der Waals surface area contributed by atoms with E-state index in [0.29, 0.717) is 27.4 Å². The highest BCUT2D eigenvalue weighted by molar-refractivity contribution is 9.10. The van der Waals surface area contributed by atoms with E-state index in [4.69, 9.17) is 16.7 Å². The first-order valence-electron chi connectivity index (χ1n) is 11.3. The summed E-state index contributed by atoms with van der Waals surface area (Å²) >= 11 is 9.74. The lowest BCUT2D eigenvalue weighted by Gasteiger charge is -2.12. The number of carbonyl (C=O) groups excluding carboxylic acids is 1. The Morgan fingerprint density at radius 1 is 0.919 bits per heavy atom. The number of benzene rings is 3. The Kier molecular flexibility index (Phi) is 6.78. The van der Waals surface area contributed by atoms with Gasteiger partial charge in [-0.3, -0.25) is 14.4 Å². The minimum atomic E-state index is -1.08. The van der Waals surface area contributed by atoms with Gasteiger partial charge in [-0.1, -0.05) is 70.0 Å². The number of H-pyrrole nitrogens is 1. The van der Waals surface area contributed by atoms with Gasteiger partial charge >= 0.3 is 5.97 Å². The summed E-state index contributed by atoms with van der Waals surface area (Å²) in [6.07, 6.45) is -0.576. The number of carbonyl (C=O) groups is 2. The number of carboxylic acids is 1. The normalized spacial score (nSPS) is 11.1. The number of rotatable bonds is 6. The van der Waals surface area contributed by atoms with Crippen molar-refractivity contribution in [1.29, 1.82) is 0 Å². The molecule has 0 aliphatic rings. The first kappa shape index (κ1) is 24.7. The van der Waals surface area contributed by atoms with Crippen LogP contribution in [-0.2, 0) is 4.79 Å². The number of aliphatic carboxylic acids is 1. The minimum absolute atomic E-state index is 0.241. The molecule has 0 bridgehead atoms. The lowest BCUT2D eigenvalue weighted by atomic mass is 9.94. The number of hydrogen-bond donors (Lipinski definition) is 2. The molecule has 0 unspecified atom stereocenters. The summed E-state index contributed by atoms with van der Waals surface area (Å²) in [5.41, 5.74) is 3.35. The maximum absolute atomic E-state index is 13.5. The summed E-state index contributed by atoms with van der Waals surface area (Å²) in [5, 5.41) is 14.9. The van der Waals surface area contributed by atoms with E-state index in [0.717, 1.165) is 15.4 Å². The molecular weight excluding hydrogens is 558 g/mol. The monoisotopic (exact) mass is 575 g/mol. The van der Waals surface area contributed by atoms with Crippen molar-refractivity contribution in [3.05, 3.63) is 98.7 Å². The second-order valence-corrected chi connectivity index (χ2v) is 9.73. The fourth-order valence-corrected chi connectivity index (χ4v) is 4.69. The highest BCUT2D eigenvalue weighted by atomic mass is 79.9. The Labute approximate surface area is 224 Å². The molecule has 2 heterocycles. The van der Waals surface area contributed by atoms with E-state index in [2.05, 4.69) is 26.0 Å². The van der Waals surface area contributed by atoms with Gasteiger partial charge in [0.1, 0.15) is 0 Å². The molecule has 0 saturated heterocycles. The SMILES string of the molecule is O=C(O)CCC(=O)n1nc(-c2c(-c3ccccc3)c3cc(Cl)ccc3[nH]c2=O)cc1-c1ccc(Br)cc1. The third-order valence-electron chi connectivity index (χ3n) is 5.93. The average Bonchev–Trinajstić information content (AvgIpc) is 3.32. The van der Waals surface area contributed by atoms with Crippen LogP contribution in [0, 0.1) is 0 Å². The highest BCUT2D eigenvalue weighted by Gasteiger charge is 2.23. The topological polar surface area (TPSA) is 105 Å². The number of hydrogen-bond acceptors (Lipinski definition) is 4. The largest absolute Gasteiger partial charge is 0.481 e. The van der Waals surface area contributed by atoms with E-state index < -0.39 is 11.9 Å². The van der Waals surface area contributed by atoms with Crippen molar-refractivity contribution in [2.45, 2.75) is 12.8 Å². The van der Waals surface area contributed by atoms with Crippen LogP contribution < -0.4 is 5.56 Å². The van der Waals surface area contributed by atoms with Crippen LogP contribution in [0.1, 0.15) is 17.6 Å². The second kappa shape index (κ2) is 10.2. The molecule has 0 atom stereocenters. The molecule has 0 saturated carbocycles. The molecule has 5 rings (SSSR count). The van der Waals surface area contributed by atoms with Crippen molar-refractivity contribution in [2.75, 3.05) is 0 Å². The first-order chi connectivity index (χ1) is 17.8. The number of pyridine rings is 1. The predicted molar refractivity (Wildman–Crippen MR) is 147 cm³/mol. The zero-order valence-electron chi connectivity index (χ0n) is 19.2. The summed E-state index contributed by atoms with van der Waals surface area (Å²) < 4.78 is 2.03. The van der Waals surface area contributed by atoms with Gasteiger partial charge in [-0.25, -0.2) is 0 Å². The Hall–Kier alpha value is -4.01. The van der Waals surface area contributed by atoms with E-state index in [1.807, 2.05) is 54.6 Å². The molecule has 0 aliphatic carbocycles. The molecule has 0 aliphatic heterocycles. The Morgan fingerprint density at radius 3 is 2.35 bits per heavy atom. The van der Waals surface area contributed by atoms with Crippen molar-refractivity contribution in [1.82, 2.24) is 14.8 Å². The van der Waals surface area contributed by atoms with Crippen molar-refractivity contribution in [3.63, 3.8) is 0 Å². The maximum Gasteiger partial charge on any atom is 0.303 e. The van der Waals surface area contributed by atoms with Gasteiger partial charge in [-0.05, 0) is 42.0 Å². The van der Waals surface area contributed by atoms with Crippen LogP contribution in [0.15, 0.2) is 88.1 Å². The molecule has 3 aromatic carbocycles. The number of nitrogens with one attached hydrogen (secondary N) is 1. The molecule has 9 heteroatoms. The third kappa shape index (κ3) is 4.98. The summed E-state index contributed by atoms with van der Waals surface area (Å²) in [7, 11) is 0. The smallest absolute Gasteiger partial charge is 0.303 e. The van der Waals surface area contributed by atoms with Crippen LogP contribution in [0.3, 0.4) is 0 Å². The average molecular weight is 577 g/mol. The van der Waals surface area contributed by atoms with Crippen molar-refractivity contribution in [2.24, 2.45) is 0 Å². The van der Waals surface area contributed by atoms with Crippen LogP contribution in [0.4, 0.5) is 0 Å². The van der Waals surface area contributed by atoms with Crippen LogP contribution >= 0.6 is 27.5 Å². The second-order valence-electron chi connectivity index (χ2n) is 8.38. The standard InChI is InChI=1S/C28H19BrClN3O4/c29-18-8-6-16(7-9-18)23-15-22(32-33(23)24(34)12-13-25(35)36)27-26(17-4-2-1-3-5-17)20-14-19(30)10-11-21(20)31-28(27)37/h1-11,14-15H,12-13H2,(H,31,37)(H,35,36). The Bertz CT molecular complexity index is 1710. The van der Waals surface area contributed by atoms with Gasteiger partial charge in [-0.15, -0.1) is 0 Å². The number of aromatic nitrogens is 3. The van der Waals surface area contributed by atoms with Gasteiger partial charge < -0.3 is 10.1 Å². The van der Waals surface area contributed by atoms with Gasteiger partial charge in [0.15, 0.2) is 0 Å². The van der Waals surface area contributed by atoms with Crippen LogP contribution in [0.2, 0.25) is 5.02 Å². The molecule has 37 heavy (non-hydrogen) atoms. The van der Waals surface area contributed by atoms with E-state index in [1.54, 1.807) is 24.3 Å². The molecule has 0 spiro atoms. The van der Waals surface area contributed by atoms with E-state index in [-0.39, 0.29) is 29.7 Å². The van der Waals surface area contributed by atoms with E-state index >= 15 is 0 Å². The zero-order valence-corrected chi connectivity index (χ0v) is 21.6. The summed E-state index contributed by atoms with van der Waals surface area (Å²) in [4.78, 5) is 40.6. The number of carboxylic acid groups (broad SMARTS) is 1. The number of aromatic amines is 1. The van der Waals surface area contributed by atoms with E-state index in [1.165, 1.54) is 4.68 Å². The quantitative estimate of drug-likeness (QED) is 0.236. The van der Waals surface area contributed by atoms with Crippen molar-refractivity contribution >= 4 is 50.3 Å². The van der Waals surface area contributed by atoms with Gasteiger partial charge in [0.2, 0.25) is 5.91 Å². The van der Waals surface area contributed by atoms with Crippen molar-refractivity contribution < 1.29 is 14.7 Å². The molecule has 5 aromatic rings. The lowest BCUT2D eigenvalue weighted by molar-refractivity contribution is -0.137. The van der Waals surface area contributed by atoms with Gasteiger partial charge in [0.25, 0.3) is 5.56 Å². The number of halogens is 2. The molecule has 0 fully saturated rings. The lowest BCUT2D eigenvalue weighted by Crippen LogP contribution is -2.16. The Morgan fingerprint density at radius 2 is 1.65 bits per heavy atom. The molecule has 2 N–H and O–H groups in total. The molecular formula is C28H19BrClN3O4. The van der Waals surface area contributed by atoms with Gasteiger partial charge in [0.05, 0.1) is 23.4 Å². The third-order valence-corrected chi connectivity index (χ3v) is 6.70. The van der Waals surface area contributed by atoms with Crippen molar-refractivity contribution in [3.8, 4) is 33.6 Å². The molecule has 7 nitrogen and oxygen atoms in total. The van der Waals surface area contributed by atoms with Gasteiger partial charge in [-0.2, -0.15) is 9.78 Å². The fourth-order valence-electron chi connectivity index (χ4n) is 4.25. The van der Waals surface area contributed by atoms with Crippen LogP contribution in [0.25, 0.3) is 44.5 Å². The summed E-state index contributed by atoms with van der Waals surface area (Å²) in [6.45, 7) is 0.